The lowest BCUT2D eigenvalue weighted by Gasteiger charge is -2.37. The highest BCUT2D eigenvalue weighted by atomic mass is 16.5. The van der Waals surface area contributed by atoms with Gasteiger partial charge in [-0.3, -0.25) is 4.79 Å². The summed E-state index contributed by atoms with van der Waals surface area (Å²) in [5.41, 5.74) is 0.524. The van der Waals surface area contributed by atoms with Crippen molar-refractivity contribution in [3.63, 3.8) is 0 Å². The molecule has 0 N–H and O–H groups in total. The molecule has 1 aromatic rings. The van der Waals surface area contributed by atoms with Crippen molar-refractivity contribution < 1.29 is 9.53 Å². The van der Waals surface area contributed by atoms with Crippen molar-refractivity contribution in [3.8, 4) is 5.75 Å². The van der Waals surface area contributed by atoms with Gasteiger partial charge in [0.05, 0.1) is 0 Å². The summed E-state index contributed by atoms with van der Waals surface area (Å²) in [6.07, 6.45) is 0. The highest BCUT2D eigenvalue weighted by Crippen LogP contribution is 2.26. The van der Waals surface area contributed by atoms with Gasteiger partial charge in [-0.1, -0.05) is 32.9 Å². The molecule has 128 valence electrons. The van der Waals surface area contributed by atoms with Gasteiger partial charge in [-0.2, -0.15) is 0 Å². The van der Waals surface area contributed by atoms with E-state index in [1.165, 1.54) is 5.56 Å². The van der Waals surface area contributed by atoms with Crippen LogP contribution in [0.2, 0.25) is 0 Å². The molecule has 1 fully saturated rings. The first-order valence-corrected chi connectivity index (χ1v) is 8.37. The van der Waals surface area contributed by atoms with Crippen LogP contribution in [0.3, 0.4) is 0 Å². The standard InChI is InChI=1S/C19H30N2O2/c1-18(2,3)15-7-9-16(10-8-15)23-19(4,5)17(22)21-13-11-20(6)12-14-21/h7-10H,11-14H2,1-6H3. The largest absolute Gasteiger partial charge is 0.478 e. The Morgan fingerprint density at radius 3 is 1.96 bits per heavy atom. The van der Waals surface area contributed by atoms with Crippen LogP contribution < -0.4 is 4.74 Å². The zero-order valence-corrected chi connectivity index (χ0v) is 15.3. The second kappa shape index (κ2) is 6.52. The lowest BCUT2D eigenvalue weighted by Crippen LogP contribution is -2.55. The summed E-state index contributed by atoms with van der Waals surface area (Å²) in [6, 6.07) is 8.07. The van der Waals surface area contributed by atoms with E-state index < -0.39 is 5.60 Å². The van der Waals surface area contributed by atoms with Gasteiger partial charge >= 0.3 is 0 Å². The maximum absolute atomic E-state index is 12.7. The number of amides is 1. The third-order valence-electron chi connectivity index (χ3n) is 4.40. The van der Waals surface area contributed by atoms with Crippen LogP contribution >= 0.6 is 0 Å². The first-order chi connectivity index (χ1) is 10.6. The Morgan fingerprint density at radius 2 is 1.48 bits per heavy atom. The van der Waals surface area contributed by atoms with Crippen LogP contribution in [0.25, 0.3) is 0 Å². The summed E-state index contributed by atoms with van der Waals surface area (Å²) in [6.45, 7) is 13.6. The SMILES string of the molecule is CN1CCN(C(=O)C(C)(C)Oc2ccc(C(C)(C)C)cc2)CC1. The van der Waals surface area contributed by atoms with E-state index >= 15 is 0 Å². The fraction of sp³-hybridized carbons (Fsp3) is 0.632. The number of carbonyl (C=O) groups is 1. The Labute approximate surface area is 140 Å². The number of piperazine rings is 1. The Kier molecular flexibility index (Phi) is 5.04. The second-order valence-electron chi connectivity index (χ2n) is 7.98. The molecule has 0 aliphatic carbocycles. The number of benzene rings is 1. The molecule has 4 heteroatoms. The van der Waals surface area contributed by atoms with E-state index in [2.05, 4.69) is 44.9 Å². The molecule has 1 heterocycles. The first kappa shape index (κ1) is 17.8. The van der Waals surface area contributed by atoms with Crippen LogP contribution in [0.5, 0.6) is 5.75 Å². The van der Waals surface area contributed by atoms with Crippen molar-refractivity contribution in [2.45, 2.75) is 45.6 Å². The molecule has 0 bridgehead atoms. The van der Waals surface area contributed by atoms with Crippen molar-refractivity contribution in [3.05, 3.63) is 29.8 Å². The van der Waals surface area contributed by atoms with Gasteiger partial charge in [-0.05, 0) is 44.0 Å². The second-order valence-corrected chi connectivity index (χ2v) is 7.98. The van der Waals surface area contributed by atoms with Crippen molar-refractivity contribution in [1.82, 2.24) is 9.80 Å². The first-order valence-electron chi connectivity index (χ1n) is 8.37. The van der Waals surface area contributed by atoms with Crippen LogP contribution in [0.15, 0.2) is 24.3 Å². The Hall–Kier alpha value is -1.55. The monoisotopic (exact) mass is 318 g/mol. The maximum Gasteiger partial charge on any atom is 0.266 e. The molecule has 1 amide bonds. The number of ether oxygens (including phenoxy) is 1. The maximum atomic E-state index is 12.7. The van der Waals surface area contributed by atoms with E-state index in [1.807, 2.05) is 30.9 Å². The van der Waals surface area contributed by atoms with E-state index in [-0.39, 0.29) is 11.3 Å². The van der Waals surface area contributed by atoms with Crippen molar-refractivity contribution in [2.75, 3.05) is 33.2 Å². The Morgan fingerprint density at radius 1 is 0.957 bits per heavy atom. The van der Waals surface area contributed by atoms with E-state index in [0.717, 1.165) is 31.9 Å². The van der Waals surface area contributed by atoms with Crippen LogP contribution in [-0.4, -0.2) is 54.5 Å². The molecule has 4 nitrogen and oxygen atoms in total. The molecule has 0 atom stereocenters. The number of nitrogens with zero attached hydrogens (tertiary/aromatic N) is 2. The highest BCUT2D eigenvalue weighted by molar-refractivity contribution is 5.85. The molecule has 1 aromatic carbocycles. The van der Waals surface area contributed by atoms with Crippen molar-refractivity contribution in [2.24, 2.45) is 0 Å². The molecule has 0 radical (unpaired) electrons. The molecule has 1 aliphatic heterocycles. The van der Waals surface area contributed by atoms with Gasteiger partial charge in [0.25, 0.3) is 5.91 Å². The minimum Gasteiger partial charge on any atom is -0.478 e. The fourth-order valence-corrected chi connectivity index (χ4v) is 2.75. The number of rotatable bonds is 3. The number of likely N-dealkylation sites (N-methyl/N-ethyl adjacent to an activating group) is 1. The molecule has 0 aromatic heterocycles. The molecular weight excluding hydrogens is 288 g/mol. The lowest BCUT2D eigenvalue weighted by atomic mass is 9.87. The molecule has 2 rings (SSSR count). The summed E-state index contributed by atoms with van der Waals surface area (Å²) in [4.78, 5) is 16.9. The minimum atomic E-state index is -0.848. The van der Waals surface area contributed by atoms with Gasteiger partial charge in [-0.15, -0.1) is 0 Å². The molecule has 23 heavy (non-hydrogen) atoms. The zero-order valence-electron chi connectivity index (χ0n) is 15.3. The summed E-state index contributed by atoms with van der Waals surface area (Å²) >= 11 is 0. The van der Waals surface area contributed by atoms with Gasteiger partial charge in [0.15, 0.2) is 5.60 Å². The Balaban J connectivity index is 2.04. The summed E-state index contributed by atoms with van der Waals surface area (Å²) in [5, 5.41) is 0. The summed E-state index contributed by atoms with van der Waals surface area (Å²) in [7, 11) is 2.08. The summed E-state index contributed by atoms with van der Waals surface area (Å²) < 4.78 is 6.01. The third kappa shape index (κ3) is 4.47. The van der Waals surface area contributed by atoms with Crippen LogP contribution in [-0.2, 0) is 10.2 Å². The number of carbonyl (C=O) groups excluding carboxylic acids is 1. The van der Waals surface area contributed by atoms with Crippen LogP contribution in [0.1, 0.15) is 40.2 Å². The highest BCUT2D eigenvalue weighted by Gasteiger charge is 2.35. The number of hydrogen-bond donors (Lipinski definition) is 0. The number of hydrogen-bond acceptors (Lipinski definition) is 3. The third-order valence-corrected chi connectivity index (χ3v) is 4.40. The quantitative estimate of drug-likeness (QED) is 0.859. The molecule has 0 unspecified atom stereocenters. The van der Waals surface area contributed by atoms with Gasteiger partial charge in [0.1, 0.15) is 5.75 Å². The van der Waals surface area contributed by atoms with E-state index in [0.29, 0.717) is 0 Å². The van der Waals surface area contributed by atoms with Gasteiger partial charge in [-0.25, -0.2) is 0 Å². The normalized spacial score (nSPS) is 17.2. The molecular formula is C19H30N2O2. The predicted molar refractivity (Wildman–Crippen MR) is 93.9 cm³/mol. The van der Waals surface area contributed by atoms with E-state index in [9.17, 15) is 4.79 Å². The lowest BCUT2D eigenvalue weighted by molar-refractivity contribution is -0.147. The average Bonchev–Trinajstić information content (AvgIpc) is 2.46. The van der Waals surface area contributed by atoms with Crippen LogP contribution in [0.4, 0.5) is 0 Å². The minimum absolute atomic E-state index is 0.0606. The van der Waals surface area contributed by atoms with Gasteiger partial charge in [0.2, 0.25) is 0 Å². The predicted octanol–water partition coefficient (Wildman–Crippen LogP) is 2.92. The summed E-state index contributed by atoms with van der Waals surface area (Å²) in [5.74, 6) is 0.802. The fourth-order valence-electron chi connectivity index (χ4n) is 2.75. The molecule has 1 saturated heterocycles. The van der Waals surface area contributed by atoms with Crippen molar-refractivity contribution >= 4 is 5.91 Å². The molecule has 0 spiro atoms. The van der Waals surface area contributed by atoms with E-state index in [4.69, 9.17) is 4.74 Å². The topological polar surface area (TPSA) is 32.8 Å². The zero-order chi connectivity index (χ0) is 17.3. The van der Waals surface area contributed by atoms with Gasteiger partial charge < -0.3 is 14.5 Å². The molecule has 1 aliphatic rings. The van der Waals surface area contributed by atoms with Gasteiger partial charge in [0, 0.05) is 26.2 Å². The Bertz CT molecular complexity index is 535. The van der Waals surface area contributed by atoms with Crippen molar-refractivity contribution in [1.29, 1.82) is 0 Å². The smallest absolute Gasteiger partial charge is 0.266 e. The van der Waals surface area contributed by atoms with E-state index in [1.54, 1.807) is 0 Å². The average molecular weight is 318 g/mol. The molecule has 0 saturated carbocycles. The van der Waals surface area contributed by atoms with Crippen LogP contribution in [0, 0.1) is 0 Å².